The van der Waals surface area contributed by atoms with Gasteiger partial charge in [0.1, 0.15) is 11.6 Å². The lowest BCUT2D eigenvalue weighted by Gasteiger charge is -2.08. The number of hydrogen-bond donors (Lipinski definition) is 2. The van der Waals surface area contributed by atoms with Crippen LogP contribution in [0.3, 0.4) is 0 Å². The molecule has 0 unspecified atom stereocenters. The zero-order chi connectivity index (χ0) is 13.3. The summed E-state index contributed by atoms with van der Waals surface area (Å²) >= 11 is 0. The number of carbonyl (C=O) groups excluding carboxylic acids is 1. The summed E-state index contributed by atoms with van der Waals surface area (Å²) in [5.74, 6) is -0.630. The van der Waals surface area contributed by atoms with E-state index in [4.69, 9.17) is 5.73 Å². The number of carbonyl (C=O) groups is 1. The second-order valence-corrected chi connectivity index (χ2v) is 3.99. The van der Waals surface area contributed by atoms with Crippen molar-refractivity contribution in [3.05, 3.63) is 41.3 Å². The van der Waals surface area contributed by atoms with Crippen LogP contribution >= 0.6 is 0 Å². The van der Waals surface area contributed by atoms with Crippen LogP contribution in [0.4, 0.5) is 15.9 Å². The lowest BCUT2D eigenvalue weighted by molar-refractivity contribution is 0.102. The van der Waals surface area contributed by atoms with Gasteiger partial charge in [-0.25, -0.2) is 4.39 Å². The topological polar surface area (TPSA) is 72.9 Å². The molecule has 0 saturated heterocycles. The summed E-state index contributed by atoms with van der Waals surface area (Å²) in [4.78, 5) is 11.9. The molecule has 18 heavy (non-hydrogen) atoms. The molecule has 2 rings (SSSR count). The third-order valence-corrected chi connectivity index (χ3v) is 2.58. The van der Waals surface area contributed by atoms with Gasteiger partial charge in [0.05, 0.1) is 11.8 Å². The Morgan fingerprint density at radius 1 is 1.50 bits per heavy atom. The first-order valence-corrected chi connectivity index (χ1v) is 5.34. The lowest BCUT2D eigenvalue weighted by atomic mass is 10.1. The summed E-state index contributed by atoms with van der Waals surface area (Å²) in [5.41, 5.74) is 6.22. The molecule has 0 aliphatic heterocycles. The van der Waals surface area contributed by atoms with Gasteiger partial charge in [0.15, 0.2) is 0 Å². The van der Waals surface area contributed by atoms with Crippen LogP contribution < -0.4 is 11.1 Å². The lowest BCUT2D eigenvalue weighted by Crippen LogP contribution is -2.17. The quantitative estimate of drug-likeness (QED) is 0.794. The molecule has 0 saturated carbocycles. The second-order valence-electron chi connectivity index (χ2n) is 3.99. The molecule has 0 bridgehead atoms. The Morgan fingerprint density at radius 2 is 2.22 bits per heavy atom. The Balaban J connectivity index is 2.32. The van der Waals surface area contributed by atoms with Gasteiger partial charge in [-0.15, -0.1) is 0 Å². The monoisotopic (exact) mass is 248 g/mol. The van der Waals surface area contributed by atoms with E-state index in [1.54, 1.807) is 20.0 Å². The molecule has 1 amide bonds. The molecule has 1 aromatic heterocycles. The SMILES string of the molecule is Cc1cc(N)cc(C(=O)Nc2ccnn2C)c1F. The molecular weight excluding hydrogens is 235 g/mol. The summed E-state index contributed by atoms with van der Waals surface area (Å²) in [6.07, 6.45) is 1.54. The van der Waals surface area contributed by atoms with E-state index >= 15 is 0 Å². The smallest absolute Gasteiger partial charge is 0.259 e. The van der Waals surface area contributed by atoms with Crippen LogP contribution in [0.5, 0.6) is 0 Å². The number of nitrogens with one attached hydrogen (secondary N) is 1. The van der Waals surface area contributed by atoms with Crippen LogP contribution in [0.2, 0.25) is 0 Å². The molecule has 0 aliphatic rings. The molecule has 0 fully saturated rings. The third-order valence-electron chi connectivity index (χ3n) is 2.58. The number of anilines is 2. The summed E-state index contributed by atoms with van der Waals surface area (Å²) in [6, 6.07) is 4.42. The number of benzene rings is 1. The fourth-order valence-corrected chi connectivity index (χ4v) is 1.64. The first-order chi connectivity index (χ1) is 8.49. The maximum Gasteiger partial charge on any atom is 0.259 e. The molecule has 0 aliphatic carbocycles. The van der Waals surface area contributed by atoms with Crippen LogP contribution in [0.25, 0.3) is 0 Å². The number of rotatable bonds is 2. The second kappa shape index (κ2) is 4.48. The Morgan fingerprint density at radius 3 is 2.83 bits per heavy atom. The van der Waals surface area contributed by atoms with Crippen molar-refractivity contribution in [2.45, 2.75) is 6.92 Å². The number of hydrogen-bond acceptors (Lipinski definition) is 3. The molecule has 6 heteroatoms. The van der Waals surface area contributed by atoms with Crippen molar-refractivity contribution in [3.63, 3.8) is 0 Å². The van der Waals surface area contributed by atoms with Crippen molar-refractivity contribution in [3.8, 4) is 0 Å². The molecular formula is C12H13FN4O. The Bertz CT molecular complexity index is 606. The Labute approximate surface area is 103 Å². The maximum atomic E-state index is 13.8. The number of nitrogens with two attached hydrogens (primary N) is 1. The van der Waals surface area contributed by atoms with Gasteiger partial charge in [-0.05, 0) is 24.6 Å². The molecule has 1 aromatic carbocycles. The third kappa shape index (κ3) is 2.17. The van der Waals surface area contributed by atoms with Crippen LogP contribution in [0.15, 0.2) is 24.4 Å². The van der Waals surface area contributed by atoms with Crippen molar-refractivity contribution in [2.24, 2.45) is 7.05 Å². The van der Waals surface area contributed by atoms with Gasteiger partial charge in [-0.3, -0.25) is 9.48 Å². The van der Waals surface area contributed by atoms with Gasteiger partial charge < -0.3 is 11.1 Å². The number of aryl methyl sites for hydroxylation is 2. The first kappa shape index (κ1) is 12.1. The Kier molecular flexibility index (Phi) is 3.01. The molecule has 1 heterocycles. The zero-order valence-electron chi connectivity index (χ0n) is 10.1. The average molecular weight is 248 g/mol. The van der Waals surface area contributed by atoms with Gasteiger partial charge in [0.2, 0.25) is 0 Å². The van der Waals surface area contributed by atoms with Gasteiger partial charge in [0.25, 0.3) is 5.91 Å². The van der Waals surface area contributed by atoms with Gasteiger partial charge in [-0.2, -0.15) is 5.10 Å². The predicted molar refractivity (Wildman–Crippen MR) is 66.7 cm³/mol. The van der Waals surface area contributed by atoms with E-state index in [0.717, 1.165) is 0 Å². The van der Waals surface area contributed by atoms with Crippen LogP contribution in [-0.4, -0.2) is 15.7 Å². The minimum atomic E-state index is -0.566. The fourth-order valence-electron chi connectivity index (χ4n) is 1.64. The highest BCUT2D eigenvalue weighted by Gasteiger charge is 2.15. The van der Waals surface area contributed by atoms with E-state index in [2.05, 4.69) is 10.4 Å². The summed E-state index contributed by atoms with van der Waals surface area (Å²) in [7, 11) is 1.68. The van der Waals surface area contributed by atoms with E-state index in [1.807, 2.05) is 0 Å². The normalized spacial score (nSPS) is 10.4. The van der Waals surface area contributed by atoms with Crippen LogP contribution in [0.1, 0.15) is 15.9 Å². The van der Waals surface area contributed by atoms with Crippen molar-refractivity contribution < 1.29 is 9.18 Å². The summed E-state index contributed by atoms with van der Waals surface area (Å²) in [6.45, 7) is 1.56. The van der Waals surface area contributed by atoms with Crippen molar-refractivity contribution >= 4 is 17.4 Å². The summed E-state index contributed by atoms with van der Waals surface area (Å²) < 4.78 is 15.3. The van der Waals surface area contributed by atoms with Crippen molar-refractivity contribution in [1.29, 1.82) is 0 Å². The number of nitrogens with zero attached hydrogens (tertiary/aromatic N) is 2. The number of aromatic nitrogens is 2. The number of nitrogen functional groups attached to an aromatic ring is 1. The summed E-state index contributed by atoms with van der Waals surface area (Å²) in [5, 5.41) is 6.47. The standard InChI is InChI=1S/C12H13FN4O/c1-7-5-8(14)6-9(11(7)13)12(18)16-10-3-4-15-17(10)2/h3-6H,14H2,1-2H3,(H,16,18). The maximum absolute atomic E-state index is 13.8. The fraction of sp³-hybridized carbons (Fsp3) is 0.167. The first-order valence-electron chi connectivity index (χ1n) is 5.34. The molecule has 5 nitrogen and oxygen atoms in total. The van der Waals surface area contributed by atoms with Crippen LogP contribution in [-0.2, 0) is 7.05 Å². The molecule has 0 atom stereocenters. The highest BCUT2D eigenvalue weighted by molar-refractivity contribution is 6.04. The minimum Gasteiger partial charge on any atom is -0.399 e. The van der Waals surface area contributed by atoms with Crippen LogP contribution in [0, 0.1) is 12.7 Å². The highest BCUT2D eigenvalue weighted by atomic mass is 19.1. The zero-order valence-corrected chi connectivity index (χ0v) is 10.1. The number of amides is 1. The molecule has 0 radical (unpaired) electrons. The largest absolute Gasteiger partial charge is 0.399 e. The van der Waals surface area contributed by atoms with Crippen molar-refractivity contribution in [2.75, 3.05) is 11.1 Å². The van der Waals surface area contributed by atoms with Crippen molar-refractivity contribution in [1.82, 2.24) is 9.78 Å². The predicted octanol–water partition coefficient (Wildman–Crippen LogP) is 1.70. The van der Waals surface area contributed by atoms with E-state index in [-0.39, 0.29) is 5.56 Å². The molecule has 2 aromatic rings. The minimum absolute atomic E-state index is 0.0753. The van der Waals surface area contributed by atoms with E-state index < -0.39 is 11.7 Å². The molecule has 0 spiro atoms. The van der Waals surface area contributed by atoms with E-state index in [9.17, 15) is 9.18 Å². The molecule has 94 valence electrons. The Hall–Kier alpha value is -2.37. The van der Waals surface area contributed by atoms with E-state index in [1.165, 1.54) is 23.0 Å². The van der Waals surface area contributed by atoms with E-state index in [0.29, 0.717) is 17.1 Å². The highest BCUT2D eigenvalue weighted by Crippen LogP contribution is 2.18. The van der Waals surface area contributed by atoms with Gasteiger partial charge in [0, 0.05) is 18.8 Å². The molecule has 3 N–H and O–H groups in total. The van der Waals surface area contributed by atoms with Gasteiger partial charge >= 0.3 is 0 Å². The van der Waals surface area contributed by atoms with Gasteiger partial charge in [-0.1, -0.05) is 0 Å². The average Bonchev–Trinajstić information content (AvgIpc) is 2.69. The number of halogens is 1.